The predicted octanol–water partition coefficient (Wildman–Crippen LogP) is 0.806. The minimum Gasteiger partial charge on any atom is -0.394 e. The maximum atomic E-state index is 11.2. The molecule has 2 aromatic rings. The Morgan fingerprint density at radius 1 is 1.35 bits per heavy atom. The molecular weight excluding hydrogens is 298 g/mol. The molecule has 108 valence electrons. The lowest BCUT2D eigenvalue weighted by molar-refractivity contribution is 0.273. The lowest BCUT2D eigenvalue weighted by Gasteiger charge is -2.15. The molecule has 0 aliphatic rings. The predicted molar refractivity (Wildman–Crippen MR) is 78.1 cm³/mol. The maximum Gasteiger partial charge on any atom is 0.249 e. The molecule has 0 saturated heterocycles. The minimum absolute atomic E-state index is 0.00333. The van der Waals surface area contributed by atoms with E-state index in [0.29, 0.717) is 11.6 Å². The Morgan fingerprint density at radius 2 is 2.05 bits per heavy atom. The molecule has 0 fully saturated rings. The highest BCUT2D eigenvalue weighted by Crippen LogP contribution is 2.22. The normalized spacial score (nSPS) is 13.1. The van der Waals surface area contributed by atoms with Gasteiger partial charge >= 0.3 is 0 Å². The minimum atomic E-state index is -3.73. The molecular formula is C12H15N3O3S2. The first kappa shape index (κ1) is 14.9. The van der Waals surface area contributed by atoms with Gasteiger partial charge in [0.05, 0.1) is 18.8 Å². The lowest BCUT2D eigenvalue weighted by Crippen LogP contribution is -2.26. The third-order valence-corrected chi connectivity index (χ3v) is 4.97. The Balaban J connectivity index is 2.05. The molecule has 1 heterocycles. The third-order valence-electron chi connectivity index (χ3n) is 2.64. The average molecular weight is 313 g/mol. The molecule has 0 unspecified atom stereocenters. The molecule has 1 aromatic carbocycles. The van der Waals surface area contributed by atoms with Crippen LogP contribution in [0.2, 0.25) is 0 Å². The van der Waals surface area contributed by atoms with E-state index in [4.69, 9.17) is 5.14 Å². The van der Waals surface area contributed by atoms with E-state index >= 15 is 0 Å². The number of aliphatic hydroxyl groups is 1. The van der Waals surface area contributed by atoms with Crippen molar-refractivity contribution in [2.45, 2.75) is 16.7 Å². The van der Waals surface area contributed by atoms with Gasteiger partial charge in [0.1, 0.15) is 0 Å². The molecule has 0 aliphatic carbocycles. The number of benzene rings is 1. The topological polar surface area (TPSA) is 105 Å². The Kier molecular flexibility index (Phi) is 4.71. The van der Waals surface area contributed by atoms with Crippen molar-refractivity contribution < 1.29 is 13.5 Å². The van der Waals surface area contributed by atoms with E-state index in [1.165, 1.54) is 6.20 Å². The smallest absolute Gasteiger partial charge is 0.249 e. The van der Waals surface area contributed by atoms with Gasteiger partial charge in [-0.25, -0.2) is 18.5 Å². The summed E-state index contributed by atoms with van der Waals surface area (Å²) in [6, 6.07) is 9.45. The molecule has 8 heteroatoms. The average Bonchev–Trinajstić information content (AvgIpc) is 2.87. The molecule has 0 radical (unpaired) electrons. The van der Waals surface area contributed by atoms with E-state index in [-0.39, 0.29) is 16.9 Å². The van der Waals surface area contributed by atoms with E-state index in [1.54, 1.807) is 0 Å². The number of thiazole rings is 1. The first-order valence-corrected chi connectivity index (χ1v) is 8.25. The van der Waals surface area contributed by atoms with Crippen LogP contribution in [0.3, 0.4) is 0 Å². The van der Waals surface area contributed by atoms with Crippen LogP contribution in [0.4, 0.5) is 5.13 Å². The van der Waals surface area contributed by atoms with Gasteiger partial charge in [0.25, 0.3) is 0 Å². The molecule has 0 saturated carbocycles. The number of rotatable bonds is 6. The quantitative estimate of drug-likeness (QED) is 0.732. The summed E-state index contributed by atoms with van der Waals surface area (Å²) in [6.45, 7) is -0.0841. The van der Waals surface area contributed by atoms with E-state index in [9.17, 15) is 13.5 Å². The van der Waals surface area contributed by atoms with Gasteiger partial charge in [0.2, 0.25) is 10.0 Å². The van der Waals surface area contributed by atoms with E-state index in [0.717, 1.165) is 16.9 Å². The van der Waals surface area contributed by atoms with Crippen LogP contribution in [-0.2, 0) is 16.4 Å². The van der Waals surface area contributed by atoms with Gasteiger partial charge in [-0.1, -0.05) is 41.7 Å². The number of nitrogens with two attached hydrogens (primary N) is 1. The number of primary sulfonamides is 1. The maximum absolute atomic E-state index is 11.2. The standard InChI is InChI=1S/C12H15N3O3S2/c13-20(17,18)11-7-14-12(19-11)15-10(8-16)6-9-4-2-1-3-5-9/h1-5,7,10,16H,6,8H2,(H,14,15)(H2,13,17,18)/t10-/m1/s1. The first-order valence-electron chi connectivity index (χ1n) is 5.89. The van der Waals surface area contributed by atoms with Crippen LogP contribution in [0.5, 0.6) is 0 Å². The van der Waals surface area contributed by atoms with Crippen molar-refractivity contribution in [1.29, 1.82) is 0 Å². The van der Waals surface area contributed by atoms with Gasteiger partial charge in [-0.2, -0.15) is 0 Å². The van der Waals surface area contributed by atoms with Crippen LogP contribution in [0.25, 0.3) is 0 Å². The van der Waals surface area contributed by atoms with Gasteiger partial charge in [-0.05, 0) is 12.0 Å². The highest BCUT2D eigenvalue weighted by molar-refractivity contribution is 7.91. The molecule has 0 spiro atoms. The summed E-state index contributed by atoms with van der Waals surface area (Å²) in [7, 11) is -3.73. The molecule has 20 heavy (non-hydrogen) atoms. The lowest BCUT2D eigenvalue weighted by atomic mass is 10.1. The molecule has 2 rings (SSSR count). The number of aliphatic hydroxyl groups excluding tert-OH is 1. The van der Waals surface area contributed by atoms with Crippen molar-refractivity contribution in [3.05, 3.63) is 42.1 Å². The number of nitrogens with zero attached hydrogens (tertiary/aromatic N) is 1. The molecule has 1 atom stereocenters. The molecule has 4 N–H and O–H groups in total. The van der Waals surface area contributed by atoms with Gasteiger partial charge in [-0.15, -0.1) is 0 Å². The van der Waals surface area contributed by atoms with Crippen molar-refractivity contribution in [3.63, 3.8) is 0 Å². The summed E-state index contributed by atoms with van der Waals surface area (Å²) in [6.07, 6.45) is 1.82. The van der Waals surface area contributed by atoms with Gasteiger partial charge in [0, 0.05) is 0 Å². The van der Waals surface area contributed by atoms with Crippen LogP contribution in [0, 0.1) is 0 Å². The summed E-state index contributed by atoms with van der Waals surface area (Å²) in [5.41, 5.74) is 1.07. The summed E-state index contributed by atoms with van der Waals surface area (Å²) in [4.78, 5) is 3.95. The molecule has 0 bridgehead atoms. The first-order chi connectivity index (χ1) is 9.49. The van der Waals surface area contributed by atoms with Crippen LogP contribution >= 0.6 is 11.3 Å². The fraction of sp³-hybridized carbons (Fsp3) is 0.250. The van der Waals surface area contributed by atoms with E-state index < -0.39 is 10.0 Å². The second-order valence-electron chi connectivity index (χ2n) is 4.24. The van der Waals surface area contributed by atoms with Gasteiger partial charge in [0.15, 0.2) is 9.34 Å². The van der Waals surface area contributed by atoms with E-state index in [2.05, 4.69) is 10.3 Å². The summed E-state index contributed by atoms with van der Waals surface area (Å²) >= 11 is 0.948. The second kappa shape index (κ2) is 6.31. The van der Waals surface area contributed by atoms with Crippen LogP contribution in [-0.4, -0.2) is 31.2 Å². The zero-order valence-corrected chi connectivity index (χ0v) is 12.2. The largest absolute Gasteiger partial charge is 0.394 e. The summed E-state index contributed by atoms with van der Waals surface area (Å²) < 4.78 is 22.3. The Labute approximate surface area is 121 Å². The van der Waals surface area contributed by atoms with Crippen molar-refractivity contribution >= 4 is 26.5 Å². The summed E-state index contributed by atoms with van der Waals surface area (Å²) in [5, 5.41) is 17.8. The zero-order valence-electron chi connectivity index (χ0n) is 10.6. The van der Waals surface area contributed by atoms with E-state index in [1.807, 2.05) is 30.3 Å². The number of anilines is 1. The molecule has 1 aromatic heterocycles. The number of aromatic nitrogens is 1. The second-order valence-corrected chi connectivity index (χ2v) is 7.06. The van der Waals surface area contributed by atoms with Crippen molar-refractivity contribution in [2.24, 2.45) is 5.14 Å². The Hall–Kier alpha value is -1.48. The molecule has 6 nitrogen and oxygen atoms in total. The Morgan fingerprint density at radius 3 is 2.60 bits per heavy atom. The van der Waals surface area contributed by atoms with Gasteiger partial charge in [-0.3, -0.25) is 0 Å². The monoisotopic (exact) mass is 313 g/mol. The van der Waals surface area contributed by atoms with Crippen LogP contribution < -0.4 is 10.5 Å². The SMILES string of the molecule is NS(=O)(=O)c1cnc(N[C@@H](CO)Cc2ccccc2)s1. The molecule has 0 aliphatic heterocycles. The molecule has 0 amide bonds. The third kappa shape index (κ3) is 4.01. The number of sulfonamides is 1. The fourth-order valence-electron chi connectivity index (χ4n) is 1.69. The number of nitrogens with one attached hydrogen (secondary N) is 1. The highest BCUT2D eigenvalue weighted by atomic mass is 32.2. The summed E-state index contributed by atoms with van der Waals surface area (Å²) in [5.74, 6) is 0. The van der Waals surface area contributed by atoms with Crippen molar-refractivity contribution in [3.8, 4) is 0 Å². The van der Waals surface area contributed by atoms with Crippen molar-refractivity contribution in [1.82, 2.24) is 4.98 Å². The zero-order chi connectivity index (χ0) is 14.6. The number of hydrogen-bond donors (Lipinski definition) is 3. The van der Waals surface area contributed by atoms with Crippen molar-refractivity contribution in [2.75, 3.05) is 11.9 Å². The highest BCUT2D eigenvalue weighted by Gasteiger charge is 2.15. The van der Waals surface area contributed by atoms with Crippen LogP contribution in [0.1, 0.15) is 5.56 Å². The fourth-order valence-corrected chi connectivity index (χ4v) is 3.22. The number of hydrogen-bond acceptors (Lipinski definition) is 6. The van der Waals surface area contributed by atoms with Gasteiger partial charge < -0.3 is 10.4 Å². The van der Waals surface area contributed by atoms with Crippen LogP contribution in [0.15, 0.2) is 40.7 Å². The Bertz CT molecular complexity index is 656.